The van der Waals surface area contributed by atoms with Crippen LogP contribution in [0.3, 0.4) is 0 Å². The van der Waals surface area contributed by atoms with E-state index in [-0.39, 0.29) is 5.41 Å². The van der Waals surface area contributed by atoms with Crippen LogP contribution in [0.4, 0.5) is 0 Å². The predicted molar refractivity (Wildman–Crippen MR) is 133 cm³/mol. The first-order valence-electron chi connectivity index (χ1n) is 14.2. The van der Waals surface area contributed by atoms with Crippen LogP contribution in [0.1, 0.15) is 113 Å². The summed E-state index contributed by atoms with van der Waals surface area (Å²) in [5, 5.41) is 13.6. The SMILES string of the molecule is CC1(C)CC[C@]23CC[C@]4(C)[C@@H](CC[C@H]5[C@@]6(C)CC/C(=N/O)C(C)(C)[C@H]6CC[C@]54C)[C@H]2[C@H]1OC3. The van der Waals surface area contributed by atoms with Crippen LogP contribution in [0.2, 0.25) is 0 Å². The van der Waals surface area contributed by atoms with Crippen LogP contribution in [0.15, 0.2) is 5.16 Å². The lowest BCUT2D eigenvalue weighted by Gasteiger charge is -2.73. The van der Waals surface area contributed by atoms with Gasteiger partial charge < -0.3 is 9.94 Å². The van der Waals surface area contributed by atoms with Crippen LogP contribution in [0, 0.1) is 56.2 Å². The Morgan fingerprint density at radius 1 is 0.788 bits per heavy atom. The van der Waals surface area contributed by atoms with Gasteiger partial charge in [0, 0.05) is 5.41 Å². The fraction of sp³-hybridized carbons (Fsp3) is 0.967. The van der Waals surface area contributed by atoms with Gasteiger partial charge in [0.1, 0.15) is 0 Å². The topological polar surface area (TPSA) is 41.8 Å². The average molecular weight is 456 g/mol. The summed E-state index contributed by atoms with van der Waals surface area (Å²) in [6.45, 7) is 18.8. The highest BCUT2D eigenvalue weighted by Crippen LogP contribution is 2.77. The standard InChI is InChI=1S/C30H49NO2/c1-25(2)14-16-30-17-15-28(6)19(23(30)24(25)33-18-30)8-9-21-27(5)12-11-22(31-32)26(3,4)20(27)10-13-29(21,28)7/h19-21,23-24,32H,8-18H2,1-7H3/b31-22-/t19-,20+,21-,23-,24+,27-,28+,29+,30+/m0/s1. The quantitative estimate of drug-likeness (QED) is 0.300. The van der Waals surface area contributed by atoms with Crippen molar-refractivity contribution in [3.05, 3.63) is 0 Å². The van der Waals surface area contributed by atoms with Crippen molar-refractivity contribution in [3.63, 3.8) is 0 Å². The fourth-order valence-electron chi connectivity index (χ4n) is 12.0. The van der Waals surface area contributed by atoms with E-state index in [4.69, 9.17) is 4.74 Å². The molecule has 1 saturated heterocycles. The van der Waals surface area contributed by atoms with Gasteiger partial charge in [0.05, 0.1) is 18.4 Å². The van der Waals surface area contributed by atoms with Gasteiger partial charge in [-0.1, -0.05) is 53.6 Å². The molecule has 0 radical (unpaired) electrons. The first-order chi connectivity index (χ1) is 15.4. The Bertz CT molecular complexity index is 877. The molecule has 1 N–H and O–H groups in total. The van der Waals surface area contributed by atoms with Gasteiger partial charge in [-0.2, -0.15) is 0 Å². The van der Waals surface area contributed by atoms with Crippen molar-refractivity contribution in [2.24, 2.45) is 61.3 Å². The zero-order chi connectivity index (χ0) is 23.7. The highest BCUT2D eigenvalue weighted by Gasteiger charge is 2.72. The van der Waals surface area contributed by atoms with Crippen LogP contribution in [-0.4, -0.2) is 23.6 Å². The molecule has 2 bridgehead atoms. The van der Waals surface area contributed by atoms with E-state index in [1.54, 1.807) is 0 Å². The Morgan fingerprint density at radius 3 is 2.24 bits per heavy atom. The molecule has 1 aliphatic heterocycles. The van der Waals surface area contributed by atoms with Gasteiger partial charge in [-0.3, -0.25) is 0 Å². The Hall–Kier alpha value is -0.570. The average Bonchev–Trinajstić information content (AvgIpc) is 3.07. The molecule has 0 aromatic carbocycles. The van der Waals surface area contributed by atoms with Crippen LogP contribution in [0.5, 0.6) is 0 Å². The third-order valence-corrected chi connectivity index (χ3v) is 14.0. The van der Waals surface area contributed by atoms with Crippen LogP contribution in [0.25, 0.3) is 0 Å². The van der Waals surface area contributed by atoms with Gasteiger partial charge in [0.25, 0.3) is 0 Å². The molecule has 6 aliphatic rings. The van der Waals surface area contributed by atoms with Crippen molar-refractivity contribution in [2.75, 3.05) is 6.61 Å². The van der Waals surface area contributed by atoms with Crippen molar-refractivity contribution in [1.82, 2.24) is 0 Å². The number of rotatable bonds is 0. The molecule has 9 atom stereocenters. The summed E-state index contributed by atoms with van der Waals surface area (Å²) in [7, 11) is 0. The smallest absolute Gasteiger partial charge is 0.0663 e. The van der Waals surface area contributed by atoms with Gasteiger partial charge in [0.2, 0.25) is 0 Å². The van der Waals surface area contributed by atoms with Crippen molar-refractivity contribution in [1.29, 1.82) is 0 Å². The van der Waals surface area contributed by atoms with E-state index < -0.39 is 0 Å². The number of oxime groups is 1. The molecule has 186 valence electrons. The largest absolute Gasteiger partial charge is 0.411 e. The predicted octanol–water partition coefficient (Wildman–Crippen LogP) is 7.71. The van der Waals surface area contributed by atoms with Gasteiger partial charge in [0.15, 0.2) is 0 Å². The van der Waals surface area contributed by atoms with Crippen LogP contribution in [-0.2, 0) is 4.74 Å². The maximum atomic E-state index is 9.76. The Labute approximate surface area is 202 Å². The summed E-state index contributed by atoms with van der Waals surface area (Å²) < 4.78 is 6.71. The summed E-state index contributed by atoms with van der Waals surface area (Å²) in [5.41, 5.74) is 3.06. The third-order valence-electron chi connectivity index (χ3n) is 14.0. The third kappa shape index (κ3) is 2.54. The lowest BCUT2D eigenvalue weighted by atomic mass is 9.31. The van der Waals surface area contributed by atoms with E-state index >= 15 is 0 Å². The molecular weight excluding hydrogens is 406 g/mol. The van der Waals surface area contributed by atoms with Gasteiger partial charge in [-0.25, -0.2) is 0 Å². The number of hydrogen-bond donors (Lipinski definition) is 1. The van der Waals surface area contributed by atoms with Crippen molar-refractivity contribution in [2.45, 2.75) is 119 Å². The molecular formula is C30H49NO2. The number of nitrogens with zero attached hydrogens (tertiary/aromatic N) is 1. The van der Waals surface area contributed by atoms with Gasteiger partial charge in [-0.05, 0) is 115 Å². The Morgan fingerprint density at radius 2 is 1.52 bits per heavy atom. The molecule has 5 saturated carbocycles. The molecule has 0 spiro atoms. The zero-order valence-corrected chi connectivity index (χ0v) is 22.5. The van der Waals surface area contributed by atoms with Crippen molar-refractivity contribution in [3.8, 4) is 0 Å². The number of fused-ring (bicyclic) bond motifs is 5. The molecule has 5 aliphatic carbocycles. The Balaban J connectivity index is 1.39. The number of ether oxygens (including phenoxy) is 1. The van der Waals surface area contributed by atoms with Gasteiger partial charge in [-0.15, -0.1) is 0 Å². The lowest BCUT2D eigenvalue weighted by molar-refractivity contribution is -0.235. The molecule has 6 fully saturated rings. The van der Waals surface area contributed by atoms with E-state index in [0.29, 0.717) is 39.1 Å². The van der Waals surface area contributed by atoms with E-state index in [0.717, 1.165) is 36.5 Å². The summed E-state index contributed by atoms with van der Waals surface area (Å²) in [6.07, 6.45) is 13.6. The normalized spacial score (nSPS) is 57.5. The summed E-state index contributed by atoms with van der Waals surface area (Å²) in [4.78, 5) is 0. The minimum absolute atomic E-state index is 0.0117. The second kappa shape index (κ2) is 6.60. The highest BCUT2D eigenvalue weighted by atomic mass is 16.5. The number of hydrogen-bond acceptors (Lipinski definition) is 3. The van der Waals surface area contributed by atoms with Gasteiger partial charge >= 0.3 is 0 Å². The summed E-state index contributed by atoms with van der Waals surface area (Å²) in [5.74, 6) is 3.02. The van der Waals surface area contributed by atoms with E-state index in [9.17, 15) is 5.21 Å². The molecule has 6 rings (SSSR count). The van der Waals surface area contributed by atoms with Crippen molar-refractivity contribution < 1.29 is 9.94 Å². The second-order valence-electron chi connectivity index (χ2n) is 15.5. The summed E-state index contributed by atoms with van der Waals surface area (Å²) >= 11 is 0. The molecule has 0 aromatic heterocycles. The maximum absolute atomic E-state index is 9.76. The second-order valence-corrected chi connectivity index (χ2v) is 15.5. The molecule has 0 unspecified atom stereocenters. The molecule has 0 amide bonds. The summed E-state index contributed by atoms with van der Waals surface area (Å²) in [6, 6.07) is 0. The molecule has 3 heteroatoms. The first-order valence-corrected chi connectivity index (χ1v) is 14.2. The fourth-order valence-corrected chi connectivity index (χ4v) is 12.0. The highest BCUT2D eigenvalue weighted by molar-refractivity contribution is 5.90. The minimum atomic E-state index is 0.0117. The Kier molecular flexibility index (Phi) is 4.57. The van der Waals surface area contributed by atoms with Crippen molar-refractivity contribution >= 4 is 5.71 Å². The molecule has 3 nitrogen and oxygen atoms in total. The molecule has 1 heterocycles. The minimum Gasteiger partial charge on any atom is -0.411 e. The van der Waals surface area contributed by atoms with Crippen LogP contribution < -0.4 is 0 Å². The zero-order valence-electron chi connectivity index (χ0n) is 22.5. The van der Waals surface area contributed by atoms with E-state index in [1.165, 1.54) is 57.8 Å². The maximum Gasteiger partial charge on any atom is 0.0663 e. The monoisotopic (exact) mass is 455 g/mol. The van der Waals surface area contributed by atoms with E-state index in [2.05, 4.69) is 53.6 Å². The molecule has 33 heavy (non-hydrogen) atoms. The molecule has 0 aromatic rings. The van der Waals surface area contributed by atoms with Crippen LogP contribution >= 0.6 is 0 Å². The van der Waals surface area contributed by atoms with E-state index in [1.807, 2.05) is 0 Å². The first kappa shape index (κ1) is 22.9. The lowest BCUT2D eigenvalue weighted by Crippen LogP contribution is -2.67.